The molecule has 0 aliphatic rings. The minimum absolute atomic E-state index is 0.271. The molecule has 0 fully saturated rings. The third kappa shape index (κ3) is 5.45. The predicted octanol–water partition coefficient (Wildman–Crippen LogP) is 4.29. The first-order chi connectivity index (χ1) is 15.8. The number of pyridine rings is 3. The summed E-state index contributed by atoms with van der Waals surface area (Å²) in [7, 11) is 1.99. The lowest BCUT2D eigenvalue weighted by atomic mass is 10.2. The lowest BCUT2D eigenvalue weighted by Gasteiger charge is -2.10. The number of rotatable bonds is 12. The summed E-state index contributed by atoms with van der Waals surface area (Å²) in [6.45, 7) is 2.10. The average Bonchev–Trinajstić information content (AvgIpc) is 3.10. The number of hydrogen-bond acceptors (Lipinski definition) is 8. The number of ether oxygens (including phenoxy) is 3. The minimum atomic E-state index is 0.271. The van der Waals surface area contributed by atoms with Crippen LogP contribution in [-0.2, 0) is 16.5 Å². The number of aryl methyl sites for hydroxylation is 1. The van der Waals surface area contributed by atoms with E-state index in [1.165, 1.54) is 0 Å². The molecule has 32 heavy (non-hydrogen) atoms. The summed E-state index contributed by atoms with van der Waals surface area (Å²) in [5, 5.41) is 5.36. The average molecular weight is 458 g/mol. The lowest BCUT2D eigenvalue weighted by molar-refractivity contribution is 0.0412. The molecule has 10 heteroatoms. The summed E-state index contributed by atoms with van der Waals surface area (Å²) in [6.07, 6.45) is 5.32. The van der Waals surface area contributed by atoms with Crippen LogP contribution < -0.4 is 10.1 Å². The number of fused-ring (bicyclic) bond motifs is 3. The van der Waals surface area contributed by atoms with Gasteiger partial charge in [-0.25, -0.2) is 9.97 Å². The molecule has 0 spiro atoms. The molecule has 0 aliphatic carbocycles. The number of nitrogens with one attached hydrogen (secondary N) is 1. The first-order valence-electron chi connectivity index (χ1n) is 10.2. The van der Waals surface area contributed by atoms with Crippen LogP contribution >= 0.6 is 12.1 Å². The third-order valence-corrected chi connectivity index (χ3v) is 5.12. The number of halogens is 1. The minimum Gasteiger partial charge on any atom is -0.491 e. The van der Waals surface area contributed by atoms with Gasteiger partial charge in [0.05, 0.1) is 31.9 Å². The van der Waals surface area contributed by atoms with Gasteiger partial charge in [-0.05, 0) is 24.3 Å². The zero-order valence-corrected chi connectivity index (χ0v) is 18.5. The van der Waals surface area contributed by atoms with Crippen LogP contribution in [0.3, 0.4) is 0 Å². The Labute approximate surface area is 189 Å². The first kappa shape index (κ1) is 22.3. The normalized spacial score (nSPS) is 11.3. The van der Waals surface area contributed by atoms with Gasteiger partial charge in [0.15, 0.2) is 0 Å². The summed E-state index contributed by atoms with van der Waals surface area (Å²) in [6, 6.07) is 9.54. The van der Waals surface area contributed by atoms with Crippen molar-refractivity contribution in [3.8, 4) is 5.75 Å². The van der Waals surface area contributed by atoms with E-state index in [1.807, 2.05) is 37.5 Å². The Kier molecular flexibility index (Phi) is 7.70. The van der Waals surface area contributed by atoms with Crippen LogP contribution in [0.2, 0.25) is 0 Å². The van der Waals surface area contributed by atoms with E-state index in [0.29, 0.717) is 56.2 Å². The molecule has 0 aromatic carbocycles. The molecule has 0 amide bonds. The van der Waals surface area contributed by atoms with E-state index in [0.717, 1.165) is 21.9 Å². The summed E-state index contributed by atoms with van der Waals surface area (Å²) >= 11 is 0.271. The van der Waals surface area contributed by atoms with Gasteiger partial charge in [-0.3, -0.25) is 4.98 Å². The van der Waals surface area contributed by atoms with Crippen LogP contribution in [0, 0.1) is 0 Å². The highest BCUT2D eigenvalue weighted by Crippen LogP contribution is 2.28. The molecule has 0 bridgehead atoms. The highest BCUT2D eigenvalue weighted by atomic mass is 32.2. The Bertz CT molecular complexity index is 1170. The molecule has 0 saturated heterocycles. The number of anilines is 2. The lowest BCUT2D eigenvalue weighted by Crippen LogP contribution is -2.11. The number of hydrogen-bond donors (Lipinski definition) is 1. The highest BCUT2D eigenvalue weighted by molar-refractivity contribution is 7.94. The Morgan fingerprint density at radius 3 is 2.69 bits per heavy atom. The van der Waals surface area contributed by atoms with Gasteiger partial charge < -0.3 is 24.1 Å². The zero-order valence-electron chi connectivity index (χ0n) is 17.7. The van der Waals surface area contributed by atoms with Crippen LogP contribution in [0.15, 0.2) is 48.9 Å². The standard InChI is InChI=1S/C22H24FN5O3S/c1-28-19-5-6-24-15-18(19)17-2-3-20(27-22(17)28)26-21-14-16(4-7-25-21)31-11-10-29-8-9-30-12-13-32-23/h2-7,14-15H,8-13H2,1H3,(H,25,26,27). The van der Waals surface area contributed by atoms with Crippen LogP contribution in [-0.4, -0.2) is 58.3 Å². The van der Waals surface area contributed by atoms with E-state index < -0.39 is 0 Å². The van der Waals surface area contributed by atoms with Crippen molar-refractivity contribution in [1.29, 1.82) is 0 Å². The van der Waals surface area contributed by atoms with Crippen molar-refractivity contribution >= 4 is 45.7 Å². The van der Waals surface area contributed by atoms with E-state index in [1.54, 1.807) is 18.5 Å². The maximum absolute atomic E-state index is 11.9. The Hall–Kier alpha value is -2.95. The number of aromatic nitrogens is 4. The molecule has 4 heterocycles. The number of nitrogens with zero attached hydrogens (tertiary/aromatic N) is 4. The van der Waals surface area contributed by atoms with Crippen molar-refractivity contribution in [1.82, 2.24) is 19.5 Å². The van der Waals surface area contributed by atoms with Crippen molar-refractivity contribution in [2.45, 2.75) is 0 Å². The zero-order chi connectivity index (χ0) is 22.2. The van der Waals surface area contributed by atoms with E-state index in [4.69, 9.17) is 19.2 Å². The van der Waals surface area contributed by atoms with Crippen LogP contribution in [0.4, 0.5) is 15.5 Å². The monoisotopic (exact) mass is 457 g/mol. The second-order valence-corrected chi connectivity index (χ2v) is 7.53. The van der Waals surface area contributed by atoms with Gasteiger partial charge in [0.2, 0.25) is 0 Å². The molecule has 8 nitrogen and oxygen atoms in total. The molecule has 168 valence electrons. The molecular formula is C22H24FN5O3S. The van der Waals surface area contributed by atoms with Crippen molar-refractivity contribution in [2.75, 3.05) is 44.1 Å². The largest absolute Gasteiger partial charge is 0.491 e. The third-order valence-electron chi connectivity index (χ3n) is 4.80. The van der Waals surface area contributed by atoms with Crippen molar-refractivity contribution < 1.29 is 18.1 Å². The predicted molar refractivity (Wildman–Crippen MR) is 124 cm³/mol. The molecule has 0 radical (unpaired) electrons. The maximum Gasteiger partial charge on any atom is 0.143 e. The van der Waals surface area contributed by atoms with Crippen molar-refractivity contribution in [3.05, 3.63) is 48.9 Å². The Balaban J connectivity index is 1.31. The Morgan fingerprint density at radius 2 is 1.81 bits per heavy atom. The molecule has 0 unspecified atom stereocenters. The summed E-state index contributed by atoms with van der Waals surface area (Å²) in [5.41, 5.74) is 1.95. The maximum atomic E-state index is 11.9. The quantitative estimate of drug-likeness (QED) is 0.316. The second-order valence-electron chi connectivity index (χ2n) is 6.91. The smallest absolute Gasteiger partial charge is 0.143 e. The van der Waals surface area contributed by atoms with Crippen LogP contribution in [0.25, 0.3) is 21.9 Å². The molecule has 0 aliphatic heterocycles. The molecule has 1 N–H and O–H groups in total. The topological polar surface area (TPSA) is 83.3 Å². The molecule has 4 aromatic rings. The molecule has 0 saturated carbocycles. The molecule has 0 atom stereocenters. The molecule has 4 rings (SSSR count). The van der Waals surface area contributed by atoms with Gasteiger partial charge in [0.1, 0.15) is 29.6 Å². The second kappa shape index (κ2) is 11.1. The summed E-state index contributed by atoms with van der Waals surface area (Å²) in [5.74, 6) is 2.34. The molecular weight excluding hydrogens is 433 g/mol. The van der Waals surface area contributed by atoms with Gasteiger partial charge in [-0.15, -0.1) is 0 Å². The summed E-state index contributed by atoms with van der Waals surface area (Å²) < 4.78 is 30.3. The highest BCUT2D eigenvalue weighted by Gasteiger charge is 2.10. The van der Waals surface area contributed by atoms with Crippen molar-refractivity contribution in [2.24, 2.45) is 7.05 Å². The van der Waals surface area contributed by atoms with Gasteiger partial charge in [-0.1, -0.05) is 0 Å². The fraction of sp³-hybridized carbons (Fsp3) is 0.318. The van der Waals surface area contributed by atoms with Gasteiger partial charge in [-0.2, -0.15) is 3.89 Å². The van der Waals surface area contributed by atoms with Gasteiger partial charge in [0, 0.05) is 60.4 Å². The van der Waals surface area contributed by atoms with Gasteiger partial charge >= 0.3 is 0 Å². The SMILES string of the molecule is Cn1c2ccncc2c2ccc(Nc3cc(OCCOCCOCCSF)ccn3)nc21. The van der Waals surface area contributed by atoms with Crippen LogP contribution in [0.1, 0.15) is 0 Å². The van der Waals surface area contributed by atoms with E-state index in [2.05, 4.69) is 19.9 Å². The summed E-state index contributed by atoms with van der Waals surface area (Å²) in [4.78, 5) is 13.3. The van der Waals surface area contributed by atoms with E-state index in [9.17, 15) is 3.89 Å². The fourth-order valence-corrected chi connectivity index (χ4v) is 3.50. The van der Waals surface area contributed by atoms with E-state index in [-0.39, 0.29) is 12.1 Å². The Morgan fingerprint density at radius 1 is 0.969 bits per heavy atom. The molecule has 4 aromatic heterocycles. The van der Waals surface area contributed by atoms with Gasteiger partial charge in [0.25, 0.3) is 0 Å². The first-order valence-corrected chi connectivity index (χ1v) is 11.1. The van der Waals surface area contributed by atoms with E-state index >= 15 is 0 Å². The van der Waals surface area contributed by atoms with Crippen molar-refractivity contribution in [3.63, 3.8) is 0 Å². The van der Waals surface area contributed by atoms with Crippen LogP contribution in [0.5, 0.6) is 5.75 Å². The fourth-order valence-electron chi connectivity index (χ4n) is 3.32.